The van der Waals surface area contributed by atoms with Crippen LogP contribution < -0.4 is 10.3 Å². The number of hydrogen-bond acceptors (Lipinski definition) is 4. The van der Waals surface area contributed by atoms with E-state index < -0.39 is 10.0 Å². The third-order valence-electron chi connectivity index (χ3n) is 3.10. The van der Waals surface area contributed by atoms with Gasteiger partial charge in [0.2, 0.25) is 5.91 Å². The van der Waals surface area contributed by atoms with Crippen molar-refractivity contribution < 1.29 is 13.2 Å². The lowest BCUT2D eigenvalue weighted by atomic mass is 9.89. The van der Waals surface area contributed by atoms with E-state index in [0.29, 0.717) is 4.34 Å². The van der Waals surface area contributed by atoms with Gasteiger partial charge < -0.3 is 0 Å². The van der Waals surface area contributed by atoms with Gasteiger partial charge in [-0.1, -0.05) is 30.9 Å². The molecule has 8 heteroatoms. The zero-order valence-corrected chi connectivity index (χ0v) is 12.6. The summed E-state index contributed by atoms with van der Waals surface area (Å²) in [4.78, 5) is 13.9. The minimum absolute atomic E-state index is 0.0847. The van der Waals surface area contributed by atoms with E-state index in [1.807, 2.05) is 0 Å². The molecule has 1 aromatic rings. The van der Waals surface area contributed by atoms with Crippen molar-refractivity contribution >= 4 is 38.9 Å². The van der Waals surface area contributed by atoms with E-state index in [9.17, 15) is 13.2 Å². The standard InChI is InChI=1S/C11H15ClN2O3S2/c12-9-6-7-10(18-9)19(16,17)14-13-11(15)8-4-2-1-3-5-8/h6-8,14H,1-5H2,(H,13,15). The monoisotopic (exact) mass is 322 g/mol. The van der Waals surface area contributed by atoms with Crippen molar-refractivity contribution in [1.82, 2.24) is 10.3 Å². The molecule has 1 fully saturated rings. The van der Waals surface area contributed by atoms with Crippen molar-refractivity contribution in [3.05, 3.63) is 16.5 Å². The molecule has 0 spiro atoms. The van der Waals surface area contributed by atoms with Crippen molar-refractivity contribution in [3.8, 4) is 0 Å². The number of rotatable bonds is 4. The number of carbonyl (C=O) groups is 1. The molecule has 1 amide bonds. The summed E-state index contributed by atoms with van der Waals surface area (Å²) in [6.07, 6.45) is 4.82. The molecule has 5 nitrogen and oxygen atoms in total. The van der Waals surface area contributed by atoms with Crippen LogP contribution >= 0.6 is 22.9 Å². The molecule has 1 heterocycles. The highest BCUT2D eigenvalue weighted by atomic mass is 35.5. The number of hydrogen-bond donors (Lipinski definition) is 2. The first-order valence-corrected chi connectivity index (χ1v) is 8.74. The fourth-order valence-corrected chi connectivity index (χ4v) is 4.41. The third-order valence-corrected chi connectivity index (χ3v) is 6.07. The normalized spacial score (nSPS) is 17.3. The highest BCUT2D eigenvalue weighted by molar-refractivity contribution is 7.91. The van der Waals surface area contributed by atoms with E-state index in [2.05, 4.69) is 10.3 Å². The van der Waals surface area contributed by atoms with Gasteiger partial charge in [0.1, 0.15) is 4.21 Å². The van der Waals surface area contributed by atoms with Crippen molar-refractivity contribution in [2.45, 2.75) is 36.3 Å². The van der Waals surface area contributed by atoms with Gasteiger partial charge in [-0.25, -0.2) is 8.42 Å². The Morgan fingerprint density at radius 1 is 1.26 bits per heavy atom. The zero-order chi connectivity index (χ0) is 13.9. The smallest absolute Gasteiger partial charge is 0.266 e. The van der Waals surface area contributed by atoms with E-state index in [-0.39, 0.29) is 16.0 Å². The number of sulfonamides is 1. The molecule has 0 saturated heterocycles. The lowest BCUT2D eigenvalue weighted by Gasteiger charge is -2.20. The number of halogens is 1. The second kappa shape index (κ2) is 6.21. The topological polar surface area (TPSA) is 75.3 Å². The predicted octanol–water partition coefficient (Wildman–Crippen LogP) is 2.29. The molecule has 0 unspecified atom stereocenters. The highest BCUT2D eigenvalue weighted by Crippen LogP contribution is 2.25. The summed E-state index contributed by atoms with van der Waals surface area (Å²) in [5.74, 6) is -0.352. The molecule has 2 rings (SSSR count). The lowest BCUT2D eigenvalue weighted by molar-refractivity contribution is -0.126. The molecule has 0 atom stereocenters. The van der Waals surface area contributed by atoms with Crippen LogP contribution in [-0.2, 0) is 14.8 Å². The van der Waals surface area contributed by atoms with Gasteiger partial charge in [0.05, 0.1) is 4.34 Å². The van der Waals surface area contributed by atoms with E-state index in [4.69, 9.17) is 11.6 Å². The molecule has 0 aliphatic heterocycles. The van der Waals surface area contributed by atoms with Gasteiger partial charge in [0.15, 0.2) is 0 Å². The molecular weight excluding hydrogens is 308 g/mol. The Kier molecular flexibility index (Phi) is 4.83. The Labute approximate surface area is 121 Å². The Morgan fingerprint density at radius 3 is 2.53 bits per heavy atom. The van der Waals surface area contributed by atoms with Crippen LogP contribution in [0.1, 0.15) is 32.1 Å². The summed E-state index contributed by atoms with van der Waals surface area (Å²) >= 11 is 6.64. The van der Waals surface area contributed by atoms with Crippen LogP contribution in [-0.4, -0.2) is 14.3 Å². The molecule has 2 N–H and O–H groups in total. The summed E-state index contributed by atoms with van der Waals surface area (Å²) in [6.45, 7) is 0. The Bertz CT molecular complexity index is 550. The van der Waals surface area contributed by atoms with Crippen LogP contribution in [0, 0.1) is 5.92 Å². The van der Waals surface area contributed by atoms with Gasteiger partial charge >= 0.3 is 0 Å². The Morgan fingerprint density at radius 2 is 1.95 bits per heavy atom. The van der Waals surface area contributed by atoms with Crippen LogP contribution in [0.5, 0.6) is 0 Å². The number of amides is 1. The van der Waals surface area contributed by atoms with Crippen molar-refractivity contribution in [1.29, 1.82) is 0 Å². The van der Waals surface area contributed by atoms with Crippen LogP contribution in [0.15, 0.2) is 16.3 Å². The number of carbonyl (C=O) groups excluding carboxylic acids is 1. The minimum atomic E-state index is -3.72. The van der Waals surface area contributed by atoms with Crippen LogP contribution in [0.3, 0.4) is 0 Å². The number of hydrazine groups is 1. The summed E-state index contributed by atoms with van der Waals surface area (Å²) in [7, 11) is -3.72. The maximum Gasteiger partial charge on any atom is 0.266 e. The molecule has 1 saturated carbocycles. The predicted molar refractivity (Wildman–Crippen MR) is 74.4 cm³/mol. The van der Waals surface area contributed by atoms with E-state index in [1.54, 1.807) is 0 Å². The fraction of sp³-hybridized carbons (Fsp3) is 0.545. The van der Waals surface area contributed by atoms with Gasteiger partial charge in [0, 0.05) is 5.92 Å². The Balaban J connectivity index is 1.92. The zero-order valence-electron chi connectivity index (χ0n) is 10.2. The Hall–Kier alpha value is -0.630. The van der Waals surface area contributed by atoms with E-state index in [1.165, 1.54) is 12.1 Å². The van der Waals surface area contributed by atoms with Gasteiger partial charge in [0.25, 0.3) is 10.0 Å². The van der Waals surface area contributed by atoms with Crippen LogP contribution in [0.2, 0.25) is 4.34 Å². The first-order chi connectivity index (χ1) is 8.99. The molecule has 0 bridgehead atoms. The van der Waals surface area contributed by atoms with E-state index in [0.717, 1.165) is 43.4 Å². The summed E-state index contributed by atoms with van der Waals surface area (Å²) in [5.41, 5.74) is 2.29. The van der Waals surface area contributed by atoms with Gasteiger partial charge in [-0.3, -0.25) is 10.2 Å². The molecule has 106 valence electrons. The number of nitrogens with one attached hydrogen (secondary N) is 2. The second-order valence-electron chi connectivity index (χ2n) is 4.49. The maximum absolute atomic E-state index is 11.9. The highest BCUT2D eigenvalue weighted by Gasteiger charge is 2.23. The van der Waals surface area contributed by atoms with Gasteiger partial charge in [-0.2, -0.15) is 0 Å². The van der Waals surface area contributed by atoms with Gasteiger partial charge in [-0.05, 0) is 25.0 Å². The van der Waals surface area contributed by atoms with Gasteiger partial charge in [-0.15, -0.1) is 16.2 Å². The number of thiophene rings is 1. The molecule has 0 radical (unpaired) electrons. The summed E-state index contributed by atoms with van der Waals surface area (Å²) in [5, 5.41) is 0. The van der Waals surface area contributed by atoms with Crippen molar-refractivity contribution in [3.63, 3.8) is 0 Å². The molecule has 1 aromatic heterocycles. The molecule has 19 heavy (non-hydrogen) atoms. The average Bonchev–Trinajstić information content (AvgIpc) is 2.85. The first-order valence-electron chi connectivity index (χ1n) is 6.06. The second-order valence-corrected chi connectivity index (χ2v) is 8.11. The van der Waals surface area contributed by atoms with Crippen LogP contribution in [0.25, 0.3) is 0 Å². The fourth-order valence-electron chi connectivity index (χ4n) is 2.08. The first kappa shape index (κ1) is 14.8. The van der Waals surface area contributed by atoms with Crippen molar-refractivity contribution in [2.75, 3.05) is 0 Å². The third kappa shape index (κ3) is 3.92. The largest absolute Gasteiger partial charge is 0.277 e. The molecular formula is C11H15ClN2O3S2. The SMILES string of the molecule is O=C(NNS(=O)(=O)c1ccc(Cl)s1)C1CCCCC1. The average molecular weight is 323 g/mol. The van der Waals surface area contributed by atoms with Crippen LogP contribution in [0.4, 0.5) is 0 Å². The molecule has 0 aromatic carbocycles. The summed E-state index contributed by atoms with van der Waals surface area (Å²) < 4.78 is 24.2. The molecule has 1 aliphatic carbocycles. The van der Waals surface area contributed by atoms with E-state index >= 15 is 0 Å². The minimum Gasteiger partial charge on any atom is -0.277 e. The quantitative estimate of drug-likeness (QED) is 0.835. The van der Waals surface area contributed by atoms with Crippen molar-refractivity contribution in [2.24, 2.45) is 5.92 Å². The lowest BCUT2D eigenvalue weighted by Crippen LogP contribution is -2.44. The maximum atomic E-state index is 11.9. The summed E-state index contributed by atoms with van der Waals surface area (Å²) in [6, 6.07) is 2.91. The molecule has 1 aliphatic rings.